The molecule has 0 saturated carbocycles. The molecule has 4 rings (SSSR count). The predicted octanol–water partition coefficient (Wildman–Crippen LogP) is 4.95. The Morgan fingerprint density at radius 1 is 1.17 bits per heavy atom. The fraction of sp³-hybridized carbons (Fsp3) is 0.480. The van der Waals surface area contributed by atoms with Crippen molar-refractivity contribution in [2.45, 2.75) is 58.2 Å². The third-order valence-electron chi connectivity index (χ3n) is 6.05. The highest BCUT2D eigenvalue weighted by molar-refractivity contribution is 5.94. The highest BCUT2D eigenvalue weighted by Crippen LogP contribution is 2.39. The van der Waals surface area contributed by atoms with Gasteiger partial charge in [-0.3, -0.25) is 9.69 Å². The molecular weight excluding hydrogens is 360 g/mol. The van der Waals surface area contributed by atoms with Crippen molar-refractivity contribution in [2.24, 2.45) is 5.92 Å². The number of nitrogens with one attached hydrogen (secondary N) is 1. The van der Waals surface area contributed by atoms with Crippen LogP contribution in [0.1, 0.15) is 67.6 Å². The minimum absolute atomic E-state index is 0.0272. The van der Waals surface area contributed by atoms with Crippen molar-refractivity contribution in [3.63, 3.8) is 0 Å². The molecule has 1 amide bonds. The SMILES string of the molecule is CC1CCCN(Cc2ccc(C(=O)NC3CC(C)(C)Oc4ccccc43)cc2)C1. The number of ether oxygens (including phenoxy) is 1. The summed E-state index contributed by atoms with van der Waals surface area (Å²) >= 11 is 0. The molecule has 0 aliphatic carbocycles. The molecule has 29 heavy (non-hydrogen) atoms. The van der Waals surface area contributed by atoms with Gasteiger partial charge in [-0.15, -0.1) is 0 Å². The summed E-state index contributed by atoms with van der Waals surface area (Å²) in [4.78, 5) is 15.4. The van der Waals surface area contributed by atoms with Crippen LogP contribution in [0.5, 0.6) is 5.75 Å². The highest BCUT2D eigenvalue weighted by atomic mass is 16.5. The van der Waals surface area contributed by atoms with Gasteiger partial charge in [-0.05, 0) is 62.9 Å². The summed E-state index contributed by atoms with van der Waals surface area (Å²) in [6.07, 6.45) is 3.37. The number of likely N-dealkylation sites (tertiary alicyclic amines) is 1. The zero-order chi connectivity index (χ0) is 20.4. The standard InChI is InChI=1S/C25H32N2O2/c1-18-7-6-14-27(16-18)17-19-10-12-20(13-11-19)24(28)26-22-15-25(2,3)29-23-9-5-4-8-21(22)23/h4-5,8-13,18,22H,6-7,14-17H2,1-3H3,(H,26,28). The number of carbonyl (C=O) groups is 1. The van der Waals surface area contributed by atoms with Gasteiger partial charge in [-0.25, -0.2) is 0 Å². The Morgan fingerprint density at radius 2 is 1.93 bits per heavy atom. The van der Waals surface area contributed by atoms with E-state index >= 15 is 0 Å². The number of hydrogen-bond acceptors (Lipinski definition) is 3. The van der Waals surface area contributed by atoms with E-state index in [0.29, 0.717) is 5.56 Å². The summed E-state index contributed by atoms with van der Waals surface area (Å²) in [6, 6.07) is 16.0. The van der Waals surface area contributed by atoms with Gasteiger partial charge in [0.1, 0.15) is 11.4 Å². The Balaban J connectivity index is 1.42. The summed E-state index contributed by atoms with van der Waals surface area (Å²) in [7, 11) is 0. The molecule has 4 nitrogen and oxygen atoms in total. The maximum Gasteiger partial charge on any atom is 0.251 e. The van der Waals surface area contributed by atoms with Crippen molar-refractivity contribution in [1.82, 2.24) is 10.2 Å². The Hall–Kier alpha value is -2.33. The predicted molar refractivity (Wildman–Crippen MR) is 116 cm³/mol. The Bertz CT molecular complexity index is 859. The van der Waals surface area contributed by atoms with Crippen LogP contribution >= 0.6 is 0 Å². The molecule has 4 heteroatoms. The first-order valence-electron chi connectivity index (χ1n) is 10.8. The van der Waals surface area contributed by atoms with E-state index in [1.807, 2.05) is 36.4 Å². The number of fused-ring (bicyclic) bond motifs is 1. The minimum atomic E-state index is -0.304. The van der Waals surface area contributed by atoms with Crippen LogP contribution in [0.25, 0.3) is 0 Å². The molecule has 2 unspecified atom stereocenters. The third-order valence-corrected chi connectivity index (χ3v) is 6.05. The lowest BCUT2D eigenvalue weighted by atomic mass is 9.89. The lowest BCUT2D eigenvalue weighted by molar-refractivity contribution is 0.0619. The van der Waals surface area contributed by atoms with E-state index in [-0.39, 0.29) is 17.6 Å². The summed E-state index contributed by atoms with van der Waals surface area (Å²) < 4.78 is 6.08. The van der Waals surface area contributed by atoms with Gasteiger partial charge in [-0.1, -0.05) is 37.3 Å². The third kappa shape index (κ3) is 4.81. The van der Waals surface area contributed by atoms with Gasteiger partial charge >= 0.3 is 0 Å². The first kappa shape index (κ1) is 20.0. The summed E-state index contributed by atoms with van der Waals surface area (Å²) in [5, 5.41) is 3.22. The molecule has 2 aromatic carbocycles. The smallest absolute Gasteiger partial charge is 0.251 e. The zero-order valence-corrected chi connectivity index (χ0v) is 17.8. The largest absolute Gasteiger partial charge is 0.487 e. The van der Waals surface area contributed by atoms with Crippen LogP contribution in [0.15, 0.2) is 48.5 Å². The van der Waals surface area contributed by atoms with E-state index in [0.717, 1.165) is 30.2 Å². The van der Waals surface area contributed by atoms with Crippen molar-refractivity contribution >= 4 is 5.91 Å². The van der Waals surface area contributed by atoms with E-state index in [9.17, 15) is 4.79 Å². The number of hydrogen-bond donors (Lipinski definition) is 1. The van der Waals surface area contributed by atoms with Gasteiger partial charge in [0, 0.05) is 30.6 Å². The van der Waals surface area contributed by atoms with Gasteiger partial charge in [0.2, 0.25) is 0 Å². The first-order chi connectivity index (χ1) is 13.9. The van der Waals surface area contributed by atoms with Gasteiger partial charge < -0.3 is 10.1 Å². The van der Waals surface area contributed by atoms with E-state index in [1.54, 1.807) is 0 Å². The Morgan fingerprint density at radius 3 is 2.69 bits per heavy atom. The van der Waals surface area contributed by atoms with E-state index in [4.69, 9.17) is 4.74 Å². The molecule has 1 fully saturated rings. The van der Waals surface area contributed by atoms with E-state index in [1.165, 1.54) is 31.5 Å². The fourth-order valence-electron chi connectivity index (χ4n) is 4.62. The molecule has 2 aliphatic rings. The van der Waals surface area contributed by atoms with Crippen molar-refractivity contribution in [3.8, 4) is 5.75 Å². The maximum absolute atomic E-state index is 12.9. The lowest BCUT2D eigenvalue weighted by Gasteiger charge is -2.37. The molecule has 154 valence electrons. The number of benzene rings is 2. The van der Waals surface area contributed by atoms with Crippen molar-refractivity contribution < 1.29 is 9.53 Å². The van der Waals surface area contributed by atoms with Crippen LogP contribution in [-0.2, 0) is 6.54 Å². The second kappa shape index (κ2) is 8.19. The van der Waals surface area contributed by atoms with E-state index < -0.39 is 0 Å². The average Bonchev–Trinajstić information content (AvgIpc) is 2.67. The lowest BCUT2D eigenvalue weighted by Crippen LogP contribution is -2.41. The van der Waals surface area contributed by atoms with Crippen LogP contribution in [0.3, 0.4) is 0 Å². The monoisotopic (exact) mass is 392 g/mol. The molecule has 2 aromatic rings. The quantitative estimate of drug-likeness (QED) is 0.800. The molecule has 1 saturated heterocycles. The van der Waals surface area contributed by atoms with Crippen LogP contribution < -0.4 is 10.1 Å². The average molecular weight is 393 g/mol. The molecular formula is C25H32N2O2. The van der Waals surface area contributed by atoms with Gasteiger partial charge in [-0.2, -0.15) is 0 Å². The van der Waals surface area contributed by atoms with Crippen LogP contribution in [0, 0.1) is 5.92 Å². The number of piperidine rings is 1. The number of amides is 1. The summed E-state index contributed by atoms with van der Waals surface area (Å²) in [5.74, 6) is 1.61. The summed E-state index contributed by atoms with van der Waals surface area (Å²) in [6.45, 7) is 9.77. The molecule has 1 N–H and O–H groups in total. The summed E-state index contributed by atoms with van der Waals surface area (Å²) in [5.41, 5.74) is 2.73. The molecule has 0 aromatic heterocycles. The topological polar surface area (TPSA) is 41.6 Å². The normalized spacial score (nSPS) is 23.7. The molecule has 0 radical (unpaired) electrons. The number of para-hydroxylation sites is 1. The maximum atomic E-state index is 12.9. The molecule has 0 spiro atoms. The van der Waals surface area contributed by atoms with Crippen LogP contribution in [0.4, 0.5) is 0 Å². The van der Waals surface area contributed by atoms with Crippen LogP contribution in [0.2, 0.25) is 0 Å². The first-order valence-corrected chi connectivity index (χ1v) is 10.8. The van der Waals surface area contributed by atoms with Gasteiger partial charge in [0.05, 0.1) is 6.04 Å². The van der Waals surface area contributed by atoms with Crippen LogP contribution in [-0.4, -0.2) is 29.5 Å². The van der Waals surface area contributed by atoms with Gasteiger partial charge in [0.15, 0.2) is 0 Å². The number of nitrogens with zero attached hydrogens (tertiary/aromatic N) is 1. The van der Waals surface area contributed by atoms with Crippen molar-refractivity contribution in [2.75, 3.05) is 13.1 Å². The number of carbonyl (C=O) groups excluding carboxylic acids is 1. The van der Waals surface area contributed by atoms with E-state index in [2.05, 4.69) is 43.1 Å². The zero-order valence-electron chi connectivity index (χ0n) is 17.8. The second-order valence-electron chi connectivity index (χ2n) is 9.31. The van der Waals surface area contributed by atoms with Gasteiger partial charge in [0.25, 0.3) is 5.91 Å². The molecule has 0 bridgehead atoms. The highest BCUT2D eigenvalue weighted by Gasteiger charge is 2.34. The molecule has 2 heterocycles. The number of rotatable bonds is 4. The molecule has 2 atom stereocenters. The fourth-order valence-corrected chi connectivity index (χ4v) is 4.62. The Kier molecular flexibility index (Phi) is 5.64. The minimum Gasteiger partial charge on any atom is -0.487 e. The Labute approximate surface area is 174 Å². The second-order valence-corrected chi connectivity index (χ2v) is 9.31. The van der Waals surface area contributed by atoms with Crippen molar-refractivity contribution in [1.29, 1.82) is 0 Å². The van der Waals surface area contributed by atoms with Crippen molar-refractivity contribution in [3.05, 3.63) is 65.2 Å². The molecule has 2 aliphatic heterocycles.